The molecule has 0 radical (unpaired) electrons. The van der Waals surface area contributed by atoms with Crippen molar-refractivity contribution >= 4 is 28.5 Å². The topological polar surface area (TPSA) is 106 Å². The molecular weight excluding hydrogens is 518 g/mol. The monoisotopic (exact) mass is 553 g/mol. The van der Waals surface area contributed by atoms with Crippen molar-refractivity contribution in [2.45, 2.75) is 56.7 Å². The highest BCUT2D eigenvalue weighted by atomic mass is 16.4. The highest BCUT2D eigenvalue weighted by Crippen LogP contribution is 2.46. The maximum atomic E-state index is 13.9. The van der Waals surface area contributed by atoms with Crippen LogP contribution in [0.15, 0.2) is 78.9 Å². The van der Waals surface area contributed by atoms with Crippen LogP contribution in [-0.4, -0.2) is 55.3 Å². The lowest BCUT2D eigenvalue weighted by molar-refractivity contribution is -0.159. The Kier molecular flexibility index (Phi) is 7.07. The first-order valence-electron chi connectivity index (χ1n) is 14.3. The lowest BCUT2D eigenvalue weighted by Gasteiger charge is -2.40. The zero-order valence-corrected chi connectivity index (χ0v) is 22.9. The van der Waals surface area contributed by atoms with E-state index in [0.717, 1.165) is 40.6 Å². The number of nitrogens with zero attached hydrogens (tertiary/aromatic N) is 3. The molecule has 2 aliphatic rings. The van der Waals surface area contributed by atoms with Gasteiger partial charge in [0.2, 0.25) is 11.8 Å². The number of anilines is 1. The number of aliphatic carboxylic acids is 1. The summed E-state index contributed by atoms with van der Waals surface area (Å²) in [5, 5.41) is 33.3. The second-order valence-corrected chi connectivity index (χ2v) is 11.3. The number of amides is 1. The molecule has 41 heavy (non-hydrogen) atoms. The minimum absolute atomic E-state index is 0.126. The minimum Gasteiger partial charge on any atom is -0.508 e. The molecule has 0 bridgehead atoms. The van der Waals surface area contributed by atoms with Gasteiger partial charge in [-0.1, -0.05) is 73.5 Å². The van der Waals surface area contributed by atoms with Crippen molar-refractivity contribution in [2.24, 2.45) is 0 Å². The van der Waals surface area contributed by atoms with Crippen LogP contribution in [0.2, 0.25) is 0 Å². The molecule has 1 fully saturated rings. The Balaban J connectivity index is 1.36. The molecule has 1 aliphatic carbocycles. The average molecular weight is 554 g/mol. The minimum atomic E-state index is -1.25. The fraction of sp³-hybridized carbons (Fsp3) is 0.333. The molecule has 8 nitrogen and oxygen atoms in total. The third-order valence-electron chi connectivity index (χ3n) is 8.78. The number of aromatic hydroxyl groups is 2. The summed E-state index contributed by atoms with van der Waals surface area (Å²) < 4.78 is 1.88. The van der Waals surface area contributed by atoms with Gasteiger partial charge in [-0.2, -0.15) is 0 Å². The standard InChI is InChI=1S/C33H35N3O5/c37-26-15-12-24(13-16-26)20-34-21-25(36-30(34)27-10-4-5-11-28(27)31(36)39)22-35(33(32(40)41)18-6-7-19-33)29(38)17-14-23-8-2-1-3-9-23/h1-5,8-13,15-16,25,37,39H,6-7,14,17-22H2,(H,40,41)/t25-/m0/s1. The summed E-state index contributed by atoms with van der Waals surface area (Å²) in [6.07, 6.45) is 3.13. The summed E-state index contributed by atoms with van der Waals surface area (Å²) in [5.74, 6) is 0.0432. The number of carbonyl (C=O) groups is 2. The van der Waals surface area contributed by atoms with Crippen LogP contribution in [0.5, 0.6) is 11.6 Å². The Morgan fingerprint density at radius 2 is 1.51 bits per heavy atom. The van der Waals surface area contributed by atoms with E-state index in [0.29, 0.717) is 32.4 Å². The summed E-state index contributed by atoms with van der Waals surface area (Å²) in [6, 6.07) is 24.2. The number of hydrogen-bond donors (Lipinski definition) is 3. The maximum Gasteiger partial charge on any atom is 0.329 e. The molecule has 0 unspecified atom stereocenters. The van der Waals surface area contributed by atoms with E-state index in [9.17, 15) is 24.9 Å². The third-order valence-corrected chi connectivity index (χ3v) is 8.78. The Bertz CT molecular complexity index is 1560. The number of phenolic OH excluding ortho intramolecular Hbond substituents is 1. The third kappa shape index (κ3) is 4.88. The number of aryl methyl sites for hydroxylation is 1. The summed E-state index contributed by atoms with van der Waals surface area (Å²) >= 11 is 0. The summed E-state index contributed by atoms with van der Waals surface area (Å²) in [5.41, 5.74) is 0.781. The molecule has 3 aromatic carbocycles. The second kappa shape index (κ2) is 10.8. The van der Waals surface area contributed by atoms with Crippen LogP contribution < -0.4 is 4.90 Å². The molecule has 6 rings (SSSR count). The molecule has 1 saturated carbocycles. The first-order chi connectivity index (χ1) is 19.9. The van der Waals surface area contributed by atoms with Crippen LogP contribution in [-0.2, 0) is 22.6 Å². The van der Waals surface area contributed by atoms with Crippen molar-refractivity contribution in [3.63, 3.8) is 0 Å². The van der Waals surface area contributed by atoms with E-state index in [4.69, 9.17) is 0 Å². The van der Waals surface area contributed by atoms with E-state index in [-0.39, 0.29) is 36.5 Å². The van der Waals surface area contributed by atoms with Gasteiger partial charge in [0.25, 0.3) is 0 Å². The van der Waals surface area contributed by atoms with Crippen LogP contribution >= 0.6 is 0 Å². The van der Waals surface area contributed by atoms with Crippen molar-refractivity contribution in [3.8, 4) is 11.6 Å². The number of fused-ring (bicyclic) bond motifs is 3. The Hall–Kier alpha value is -4.46. The van der Waals surface area contributed by atoms with E-state index in [2.05, 4.69) is 4.90 Å². The van der Waals surface area contributed by atoms with Crippen LogP contribution in [0.4, 0.5) is 5.82 Å². The summed E-state index contributed by atoms with van der Waals surface area (Å²) in [7, 11) is 0. The van der Waals surface area contributed by atoms with Crippen LogP contribution in [0.3, 0.4) is 0 Å². The van der Waals surface area contributed by atoms with Crippen molar-refractivity contribution in [1.82, 2.24) is 9.47 Å². The Morgan fingerprint density at radius 3 is 2.20 bits per heavy atom. The largest absolute Gasteiger partial charge is 0.508 e. The lowest BCUT2D eigenvalue weighted by atomic mass is 9.93. The molecule has 1 amide bonds. The van der Waals surface area contributed by atoms with Gasteiger partial charge in [-0.05, 0) is 48.6 Å². The van der Waals surface area contributed by atoms with Crippen molar-refractivity contribution in [1.29, 1.82) is 0 Å². The normalized spacial score (nSPS) is 17.6. The molecule has 0 spiro atoms. The number of rotatable bonds is 9. The molecule has 4 aromatic rings. The van der Waals surface area contributed by atoms with E-state index < -0.39 is 11.5 Å². The Labute approximate surface area is 239 Å². The molecule has 8 heteroatoms. The number of hydrogen-bond acceptors (Lipinski definition) is 5. The first kappa shape index (κ1) is 26.7. The zero-order valence-electron chi connectivity index (χ0n) is 22.9. The van der Waals surface area contributed by atoms with E-state index in [1.54, 1.807) is 17.0 Å². The maximum absolute atomic E-state index is 13.9. The molecule has 1 aromatic heterocycles. The quantitative estimate of drug-likeness (QED) is 0.254. The number of benzene rings is 3. The van der Waals surface area contributed by atoms with Crippen LogP contribution in [0, 0.1) is 0 Å². The van der Waals surface area contributed by atoms with Gasteiger partial charge >= 0.3 is 5.97 Å². The predicted molar refractivity (Wildman–Crippen MR) is 157 cm³/mol. The molecule has 3 N–H and O–H groups in total. The molecule has 212 valence electrons. The van der Waals surface area contributed by atoms with Crippen molar-refractivity contribution in [2.75, 3.05) is 18.0 Å². The van der Waals surface area contributed by atoms with Gasteiger partial charge in [0.05, 0.1) is 6.04 Å². The second-order valence-electron chi connectivity index (χ2n) is 11.3. The highest BCUT2D eigenvalue weighted by Gasteiger charge is 2.50. The van der Waals surface area contributed by atoms with E-state index in [1.807, 2.05) is 71.3 Å². The van der Waals surface area contributed by atoms with Gasteiger partial charge in [-0.15, -0.1) is 0 Å². The van der Waals surface area contributed by atoms with Gasteiger partial charge in [-0.3, -0.25) is 9.36 Å². The van der Waals surface area contributed by atoms with Gasteiger partial charge < -0.3 is 25.1 Å². The van der Waals surface area contributed by atoms with Gasteiger partial charge in [0, 0.05) is 36.8 Å². The van der Waals surface area contributed by atoms with Gasteiger partial charge in [0.15, 0.2) is 0 Å². The lowest BCUT2D eigenvalue weighted by Crippen LogP contribution is -2.57. The number of carbonyl (C=O) groups excluding carboxylic acids is 1. The molecule has 2 heterocycles. The van der Waals surface area contributed by atoms with Crippen LogP contribution in [0.1, 0.15) is 49.3 Å². The van der Waals surface area contributed by atoms with Gasteiger partial charge in [0.1, 0.15) is 17.1 Å². The average Bonchev–Trinajstić information content (AvgIpc) is 3.69. The molecule has 0 saturated heterocycles. The SMILES string of the molecule is O=C(CCc1ccccc1)N(C[C@@H]1CN(Cc2ccc(O)cc2)c2c3ccccc3c(O)n21)C1(C(=O)O)CCCC1. The molecule has 1 aliphatic heterocycles. The first-order valence-corrected chi connectivity index (χ1v) is 14.3. The number of phenols is 1. The van der Waals surface area contributed by atoms with Crippen molar-refractivity contribution < 1.29 is 24.9 Å². The fourth-order valence-electron chi connectivity index (χ4n) is 6.74. The van der Waals surface area contributed by atoms with Gasteiger partial charge in [-0.25, -0.2) is 4.79 Å². The molecule has 1 atom stereocenters. The number of carboxylic acid groups (broad SMARTS) is 1. The Morgan fingerprint density at radius 1 is 0.854 bits per heavy atom. The fourth-order valence-corrected chi connectivity index (χ4v) is 6.74. The molecular formula is C33H35N3O5. The van der Waals surface area contributed by atoms with E-state index >= 15 is 0 Å². The zero-order chi connectivity index (χ0) is 28.6. The highest BCUT2D eigenvalue weighted by molar-refractivity contribution is 5.99. The smallest absolute Gasteiger partial charge is 0.329 e. The number of carboxylic acids is 1. The van der Waals surface area contributed by atoms with Crippen LogP contribution in [0.25, 0.3) is 10.8 Å². The number of aromatic nitrogens is 1. The predicted octanol–water partition coefficient (Wildman–Crippen LogP) is 5.47. The van der Waals surface area contributed by atoms with Crippen molar-refractivity contribution in [3.05, 3.63) is 90.0 Å². The summed E-state index contributed by atoms with van der Waals surface area (Å²) in [4.78, 5) is 30.5. The van der Waals surface area contributed by atoms with E-state index in [1.165, 1.54) is 0 Å². The summed E-state index contributed by atoms with van der Waals surface area (Å²) in [6.45, 7) is 1.23.